The number of nitrogens with zero attached hydrogens (tertiary/aromatic N) is 2. The molecule has 0 radical (unpaired) electrons. The first-order chi connectivity index (χ1) is 10.8. The molecule has 3 atom stereocenters. The van der Waals surface area contributed by atoms with Gasteiger partial charge in [0.15, 0.2) is 0 Å². The van der Waals surface area contributed by atoms with Crippen molar-refractivity contribution in [3.8, 4) is 0 Å². The minimum atomic E-state index is -3.42. The van der Waals surface area contributed by atoms with E-state index >= 15 is 0 Å². The van der Waals surface area contributed by atoms with Gasteiger partial charge >= 0.3 is 5.97 Å². The standard InChI is InChI=1S/C15H26N2O5S/c1-3-7-23(21,22)17-6-4-5-13(17)14(18)16-9-11(2)8-12(10-16)15(19)20/h11-13H,3-10H2,1-2H3,(H,19,20). The van der Waals surface area contributed by atoms with Gasteiger partial charge in [0.1, 0.15) is 6.04 Å². The number of piperidine rings is 1. The highest BCUT2D eigenvalue weighted by Gasteiger charge is 2.42. The van der Waals surface area contributed by atoms with E-state index in [1.165, 1.54) is 4.31 Å². The molecule has 0 spiro atoms. The first-order valence-electron chi connectivity index (χ1n) is 8.27. The molecule has 132 valence electrons. The highest BCUT2D eigenvalue weighted by Crippen LogP contribution is 2.27. The van der Waals surface area contributed by atoms with E-state index in [4.69, 9.17) is 0 Å². The summed E-state index contributed by atoms with van der Waals surface area (Å²) in [6.07, 6.45) is 2.26. The third-order valence-corrected chi connectivity index (χ3v) is 6.70. The van der Waals surface area contributed by atoms with Gasteiger partial charge in [-0.1, -0.05) is 13.8 Å². The smallest absolute Gasteiger partial charge is 0.308 e. The monoisotopic (exact) mass is 346 g/mol. The average Bonchev–Trinajstić information content (AvgIpc) is 2.96. The number of sulfonamides is 1. The van der Waals surface area contributed by atoms with Crippen LogP contribution in [0.15, 0.2) is 0 Å². The molecule has 2 rings (SSSR count). The normalized spacial score (nSPS) is 29.7. The summed E-state index contributed by atoms with van der Waals surface area (Å²) >= 11 is 0. The summed E-state index contributed by atoms with van der Waals surface area (Å²) in [7, 11) is -3.42. The number of carboxylic acid groups (broad SMARTS) is 1. The Labute approximate surface area is 137 Å². The molecule has 7 nitrogen and oxygen atoms in total. The molecule has 0 aromatic carbocycles. The maximum atomic E-state index is 12.8. The number of amides is 1. The van der Waals surface area contributed by atoms with Crippen LogP contribution in [0, 0.1) is 11.8 Å². The molecule has 0 saturated carbocycles. The predicted molar refractivity (Wildman–Crippen MR) is 85.3 cm³/mol. The first kappa shape index (κ1) is 18.2. The molecule has 0 aromatic rings. The van der Waals surface area contributed by atoms with E-state index < -0.39 is 28.0 Å². The van der Waals surface area contributed by atoms with E-state index in [0.717, 1.165) is 0 Å². The molecule has 3 unspecified atom stereocenters. The molecular weight excluding hydrogens is 320 g/mol. The zero-order chi connectivity index (χ0) is 17.2. The van der Waals surface area contributed by atoms with Gasteiger partial charge in [-0.3, -0.25) is 9.59 Å². The maximum absolute atomic E-state index is 12.8. The summed E-state index contributed by atoms with van der Waals surface area (Å²) in [6.45, 7) is 4.78. The summed E-state index contributed by atoms with van der Waals surface area (Å²) in [5, 5.41) is 9.23. The van der Waals surface area contributed by atoms with E-state index in [1.807, 2.05) is 6.92 Å². The Hall–Kier alpha value is -1.15. The number of hydrogen-bond donors (Lipinski definition) is 1. The lowest BCUT2D eigenvalue weighted by Gasteiger charge is -2.37. The Balaban J connectivity index is 2.13. The van der Waals surface area contributed by atoms with Gasteiger partial charge < -0.3 is 10.0 Å². The molecule has 2 saturated heterocycles. The van der Waals surface area contributed by atoms with Crippen LogP contribution in [0.1, 0.15) is 39.5 Å². The van der Waals surface area contributed by atoms with Crippen LogP contribution in [0.3, 0.4) is 0 Å². The van der Waals surface area contributed by atoms with Gasteiger partial charge in [0.2, 0.25) is 15.9 Å². The quantitative estimate of drug-likeness (QED) is 0.793. The largest absolute Gasteiger partial charge is 0.481 e. The summed E-state index contributed by atoms with van der Waals surface area (Å²) in [5.41, 5.74) is 0. The SMILES string of the molecule is CCCS(=O)(=O)N1CCCC1C(=O)N1CC(C)CC(C(=O)O)C1. The lowest BCUT2D eigenvalue weighted by molar-refractivity contribution is -0.147. The minimum absolute atomic E-state index is 0.0466. The Morgan fingerprint density at radius 1 is 1.26 bits per heavy atom. The van der Waals surface area contributed by atoms with Gasteiger partial charge in [0.25, 0.3) is 0 Å². The van der Waals surface area contributed by atoms with Crippen LogP contribution < -0.4 is 0 Å². The molecule has 0 aromatic heterocycles. The highest BCUT2D eigenvalue weighted by atomic mass is 32.2. The minimum Gasteiger partial charge on any atom is -0.481 e. The molecule has 1 N–H and O–H groups in total. The Bertz CT molecular complexity index is 562. The topological polar surface area (TPSA) is 95.0 Å². The van der Waals surface area contributed by atoms with Crippen LogP contribution in [0.25, 0.3) is 0 Å². The van der Waals surface area contributed by atoms with Crippen LogP contribution in [0.4, 0.5) is 0 Å². The second-order valence-electron chi connectivity index (χ2n) is 6.70. The molecule has 23 heavy (non-hydrogen) atoms. The zero-order valence-electron chi connectivity index (χ0n) is 13.8. The van der Waals surface area contributed by atoms with Crippen LogP contribution in [0.5, 0.6) is 0 Å². The van der Waals surface area contributed by atoms with E-state index in [0.29, 0.717) is 38.8 Å². The van der Waals surface area contributed by atoms with Crippen molar-refractivity contribution in [1.82, 2.24) is 9.21 Å². The molecule has 0 bridgehead atoms. The fourth-order valence-corrected chi connectivity index (χ4v) is 5.36. The van der Waals surface area contributed by atoms with Gasteiger partial charge in [0.05, 0.1) is 11.7 Å². The average molecular weight is 346 g/mol. The molecule has 2 heterocycles. The van der Waals surface area contributed by atoms with Crippen molar-refractivity contribution in [1.29, 1.82) is 0 Å². The molecule has 8 heteroatoms. The van der Waals surface area contributed by atoms with E-state index in [1.54, 1.807) is 11.8 Å². The van der Waals surface area contributed by atoms with Crippen molar-refractivity contribution in [3.05, 3.63) is 0 Å². The molecule has 2 aliphatic rings. The van der Waals surface area contributed by atoms with Crippen LogP contribution in [-0.2, 0) is 19.6 Å². The van der Waals surface area contributed by atoms with Gasteiger partial charge in [-0.05, 0) is 31.6 Å². The molecule has 2 fully saturated rings. The van der Waals surface area contributed by atoms with Gasteiger partial charge in [0, 0.05) is 19.6 Å². The fraction of sp³-hybridized carbons (Fsp3) is 0.867. The van der Waals surface area contributed by atoms with Crippen LogP contribution in [0.2, 0.25) is 0 Å². The summed E-state index contributed by atoms with van der Waals surface area (Å²) in [4.78, 5) is 25.6. The van der Waals surface area contributed by atoms with Crippen molar-refractivity contribution in [2.24, 2.45) is 11.8 Å². The Morgan fingerprint density at radius 2 is 1.96 bits per heavy atom. The molecular formula is C15H26N2O5S. The summed E-state index contributed by atoms with van der Waals surface area (Å²) in [6, 6.07) is -0.661. The number of hydrogen-bond acceptors (Lipinski definition) is 4. The molecule has 1 amide bonds. The predicted octanol–water partition coefficient (Wildman–Crippen LogP) is 0.760. The van der Waals surface area contributed by atoms with E-state index in [2.05, 4.69) is 0 Å². The van der Waals surface area contributed by atoms with Gasteiger partial charge in [-0.25, -0.2) is 8.42 Å². The van der Waals surface area contributed by atoms with Gasteiger partial charge in [-0.2, -0.15) is 4.31 Å². The maximum Gasteiger partial charge on any atom is 0.308 e. The number of carbonyl (C=O) groups is 2. The Kier molecular flexibility index (Phi) is 5.67. The lowest BCUT2D eigenvalue weighted by Crippen LogP contribution is -2.53. The van der Waals surface area contributed by atoms with Crippen molar-refractivity contribution in [2.45, 2.75) is 45.6 Å². The lowest BCUT2D eigenvalue weighted by atomic mass is 9.90. The third kappa shape index (κ3) is 4.03. The van der Waals surface area contributed by atoms with Crippen molar-refractivity contribution in [2.75, 3.05) is 25.4 Å². The van der Waals surface area contributed by atoms with Crippen LogP contribution >= 0.6 is 0 Å². The van der Waals surface area contributed by atoms with Crippen molar-refractivity contribution >= 4 is 21.9 Å². The van der Waals surface area contributed by atoms with E-state index in [-0.39, 0.29) is 24.1 Å². The Morgan fingerprint density at radius 3 is 2.57 bits per heavy atom. The van der Waals surface area contributed by atoms with Crippen molar-refractivity contribution in [3.63, 3.8) is 0 Å². The number of rotatable bonds is 5. The number of aliphatic carboxylic acids is 1. The second kappa shape index (κ2) is 7.17. The highest BCUT2D eigenvalue weighted by molar-refractivity contribution is 7.89. The number of carboxylic acids is 1. The zero-order valence-corrected chi connectivity index (χ0v) is 14.6. The number of likely N-dealkylation sites (tertiary alicyclic amines) is 1. The summed E-state index contributed by atoms with van der Waals surface area (Å²) in [5.74, 6) is -1.54. The van der Waals surface area contributed by atoms with Gasteiger partial charge in [-0.15, -0.1) is 0 Å². The second-order valence-corrected chi connectivity index (χ2v) is 8.75. The summed E-state index contributed by atoms with van der Waals surface area (Å²) < 4.78 is 26.0. The third-order valence-electron chi connectivity index (χ3n) is 4.63. The van der Waals surface area contributed by atoms with Crippen LogP contribution in [-0.4, -0.2) is 66.0 Å². The number of carbonyl (C=O) groups excluding carboxylic acids is 1. The first-order valence-corrected chi connectivity index (χ1v) is 9.88. The molecule has 0 aliphatic carbocycles. The fourth-order valence-electron chi connectivity index (χ4n) is 3.62. The molecule has 2 aliphatic heterocycles. The van der Waals surface area contributed by atoms with E-state index in [9.17, 15) is 23.1 Å². The van der Waals surface area contributed by atoms with Crippen molar-refractivity contribution < 1.29 is 23.1 Å².